The van der Waals surface area contributed by atoms with Crippen molar-refractivity contribution in [1.29, 1.82) is 5.26 Å². The zero-order valence-corrected chi connectivity index (χ0v) is 14.6. The van der Waals surface area contributed by atoms with Crippen LogP contribution in [0.2, 0.25) is 0 Å². The minimum atomic E-state index is -0.533. The average Bonchev–Trinajstić information content (AvgIpc) is 2.66. The molecule has 0 aromatic heterocycles. The lowest BCUT2D eigenvalue weighted by Crippen LogP contribution is -2.29. The Hall–Kier alpha value is -3.58. The first-order chi connectivity index (χ1) is 12.6. The van der Waals surface area contributed by atoms with Gasteiger partial charge in [-0.1, -0.05) is 36.4 Å². The zero-order chi connectivity index (χ0) is 18.5. The number of para-hydroxylation sites is 2. The number of carbonyl (C=O) groups excluding carboxylic acids is 1. The number of nitrogens with zero attached hydrogens (tertiary/aromatic N) is 2. The van der Waals surface area contributed by atoms with Gasteiger partial charge in [0.15, 0.2) is 0 Å². The van der Waals surface area contributed by atoms with E-state index in [4.69, 9.17) is 4.74 Å². The normalized spacial score (nSPS) is 10.0. The molecule has 0 saturated heterocycles. The van der Waals surface area contributed by atoms with Gasteiger partial charge in [0.05, 0.1) is 23.0 Å². The summed E-state index contributed by atoms with van der Waals surface area (Å²) < 4.78 is 5.53. The maximum Gasteiger partial charge on any atom is 0.424 e. The van der Waals surface area contributed by atoms with Crippen molar-refractivity contribution in [3.05, 3.63) is 89.5 Å². The number of hydrogen-bond acceptors (Lipinski definition) is 3. The third-order valence-electron chi connectivity index (χ3n) is 4.18. The molecule has 0 atom stereocenters. The van der Waals surface area contributed by atoms with Gasteiger partial charge < -0.3 is 4.74 Å². The summed E-state index contributed by atoms with van der Waals surface area (Å²) in [5, 5.41) is 9.41. The van der Waals surface area contributed by atoms with Gasteiger partial charge in [-0.05, 0) is 61.4 Å². The van der Waals surface area contributed by atoms with Crippen LogP contribution in [0.15, 0.2) is 72.8 Å². The van der Waals surface area contributed by atoms with E-state index in [0.717, 1.165) is 11.1 Å². The zero-order valence-electron chi connectivity index (χ0n) is 14.6. The van der Waals surface area contributed by atoms with Gasteiger partial charge in [-0.2, -0.15) is 5.26 Å². The van der Waals surface area contributed by atoms with Crippen molar-refractivity contribution in [1.82, 2.24) is 0 Å². The maximum atomic E-state index is 12.9. The van der Waals surface area contributed by atoms with E-state index >= 15 is 0 Å². The van der Waals surface area contributed by atoms with E-state index < -0.39 is 6.09 Å². The van der Waals surface area contributed by atoms with E-state index in [1.807, 2.05) is 56.3 Å². The fourth-order valence-corrected chi connectivity index (χ4v) is 2.66. The predicted octanol–water partition coefficient (Wildman–Crippen LogP) is 5.51. The Morgan fingerprint density at radius 3 is 2.15 bits per heavy atom. The summed E-state index contributed by atoms with van der Waals surface area (Å²) in [7, 11) is 0. The second kappa shape index (κ2) is 7.54. The number of anilines is 2. The van der Waals surface area contributed by atoms with Crippen molar-refractivity contribution in [3.63, 3.8) is 0 Å². The van der Waals surface area contributed by atoms with Gasteiger partial charge in [-0.15, -0.1) is 0 Å². The molecule has 4 nitrogen and oxygen atoms in total. The number of carbonyl (C=O) groups is 1. The molecule has 3 aromatic carbocycles. The lowest BCUT2D eigenvalue weighted by molar-refractivity contribution is 0.210. The van der Waals surface area contributed by atoms with E-state index in [1.54, 1.807) is 30.3 Å². The van der Waals surface area contributed by atoms with Gasteiger partial charge in [-0.25, -0.2) is 9.69 Å². The summed E-state index contributed by atoms with van der Waals surface area (Å²) in [5.41, 5.74) is 3.64. The monoisotopic (exact) mass is 342 g/mol. The summed E-state index contributed by atoms with van der Waals surface area (Å²) in [6, 6.07) is 23.9. The third kappa shape index (κ3) is 3.57. The number of nitriles is 1. The minimum absolute atomic E-state index is 0.461. The minimum Gasteiger partial charge on any atom is -0.410 e. The van der Waals surface area contributed by atoms with Crippen LogP contribution in [0.3, 0.4) is 0 Å². The molecule has 0 heterocycles. The van der Waals surface area contributed by atoms with Crippen molar-refractivity contribution >= 4 is 17.5 Å². The lowest BCUT2D eigenvalue weighted by atomic mass is 10.0. The van der Waals surface area contributed by atoms with Crippen LogP contribution >= 0.6 is 0 Å². The summed E-state index contributed by atoms with van der Waals surface area (Å²) in [6.07, 6.45) is -0.533. The van der Waals surface area contributed by atoms with Gasteiger partial charge >= 0.3 is 6.09 Å². The SMILES string of the molecule is Cc1cc(N(C(=O)Oc2ccccc2)c2ccccc2)cc(C#N)c1C. The second-order valence-corrected chi connectivity index (χ2v) is 5.90. The van der Waals surface area contributed by atoms with E-state index in [1.165, 1.54) is 4.90 Å². The molecule has 0 unspecified atom stereocenters. The van der Waals surface area contributed by atoms with Crippen LogP contribution in [-0.4, -0.2) is 6.09 Å². The quantitative estimate of drug-likeness (QED) is 0.630. The fourth-order valence-electron chi connectivity index (χ4n) is 2.66. The van der Waals surface area contributed by atoms with E-state index in [2.05, 4.69) is 6.07 Å². The molecule has 0 aliphatic carbocycles. The Morgan fingerprint density at radius 1 is 0.923 bits per heavy atom. The van der Waals surface area contributed by atoms with Crippen LogP contribution < -0.4 is 9.64 Å². The number of ether oxygens (including phenoxy) is 1. The van der Waals surface area contributed by atoms with E-state index in [0.29, 0.717) is 22.7 Å². The topological polar surface area (TPSA) is 53.3 Å². The van der Waals surface area contributed by atoms with Gasteiger partial charge in [-0.3, -0.25) is 0 Å². The summed E-state index contributed by atoms with van der Waals surface area (Å²) >= 11 is 0. The Kier molecular flexibility index (Phi) is 5.00. The number of amides is 1. The first-order valence-corrected chi connectivity index (χ1v) is 8.23. The molecule has 0 saturated carbocycles. The first kappa shape index (κ1) is 17.2. The molecular weight excluding hydrogens is 324 g/mol. The molecular formula is C22H18N2O2. The van der Waals surface area contributed by atoms with E-state index in [9.17, 15) is 10.1 Å². The van der Waals surface area contributed by atoms with Crippen LogP contribution in [-0.2, 0) is 0 Å². The first-order valence-electron chi connectivity index (χ1n) is 8.23. The van der Waals surface area contributed by atoms with Gasteiger partial charge in [0.25, 0.3) is 0 Å². The summed E-state index contributed by atoms with van der Waals surface area (Å²) in [5.74, 6) is 0.461. The largest absolute Gasteiger partial charge is 0.424 e. The number of benzene rings is 3. The van der Waals surface area contributed by atoms with Crippen LogP contribution in [0.25, 0.3) is 0 Å². The number of rotatable bonds is 3. The third-order valence-corrected chi connectivity index (χ3v) is 4.18. The number of aryl methyl sites for hydroxylation is 1. The van der Waals surface area contributed by atoms with Crippen molar-refractivity contribution in [3.8, 4) is 11.8 Å². The molecule has 3 rings (SSSR count). The van der Waals surface area contributed by atoms with Gasteiger partial charge in [0, 0.05) is 0 Å². The molecule has 0 radical (unpaired) electrons. The van der Waals surface area contributed by atoms with Crippen LogP contribution in [0, 0.1) is 25.2 Å². The lowest BCUT2D eigenvalue weighted by Gasteiger charge is -2.23. The molecule has 3 aromatic rings. The van der Waals surface area contributed by atoms with Gasteiger partial charge in [0.2, 0.25) is 0 Å². The molecule has 128 valence electrons. The average molecular weight is 342 g/mol. The predicted molar refractivity (Wildman–Crippen MR) is 102 cm³/mol. The highest BCUT2D eigenvalue weighted by molar-refractivity contribution is 5.97. The smallest absolute Gasteiger partial charge is 0.410 e. The van der Waals surface area contributed by atoms with Crippen molar-refractivity contribution in [2.45, 2.75) is 13.8 Å². The fraction of sp³-hybridized carbons (Fsp3) is 0.0909. The highest BCUT2D eigenvalue weighted by Crippen LogP contribution is 2.30. The Labute approximate surface area is 152 Å². The van der Waals surface area contributed by atoms with E-state index in [-0.39, 0.29) is 0 Å². The standard InChI is InChI=1S/C22H18N2O2/c1-16-13-20(14-18(15-23)17(16)2)24(19-9-5-3-6-10-19)22(25)26-21-11-7-4-8-12-21/h3-14H,1-2H3. The Bertz CT molecular complexity index is 961. The van der Waals surface area contributed by atoms with Crippen LogP contribution in [0.5, 0.6) is 5.75 Å². The molecule has 4 heteroatoms. The van der Waals surface area contributed by atoms with Gasteiger partial charge in [0.1, 0.15) is 5.75 Å². The maximum absolute atomic E-state index is 12.9. The van der Waals surface area contributed by atoms with Crippen molar-refractivity contribution in [2.75, 3.05) is 4.90 Å². The molecule has 0 bridgehead atoms. The molecule has 0 N–H and O–H groups in total. The highest BCUT2D eigenvalue weighted by Gasteiger charge is 2.21. The molecule has 0 spiro atoms. The summed E-state index contributed by atoms with van der Waals surface area (Å²) in [4.78, 5) is 14.4. The number of hydrogen-bond donors (Lipinski definition) is 0. The molecule has 1 amide bonds. The second-order valence-electron chi connectivity index (χ2n) is 5.90. The Balaban J connectivity index is 2.06. The van der Waals surface area contributed by atoms with Crippen molar-refractivity contribution < 1.29 is 9.53 Å². The van der Waals surface area contributed by atoms with Crippen LogP contribution in [0.4, 0.5) is 16.2 Å². The highest BCUT2D eigenvalue weighted by atomic mass is 16.6. The molecule has 0 aliphatic heterocycles. The van der Waals surface area contributed by atoms with Crippen molar-refractivity contribution in [2.24, 2.45) is 0 Å². The molecule has 26 heavy (non-hydrogen) atoms. The molecule has 0 fully saturated rings. The summed E-state index contributed by atoms with van der Waals surface area (Å²) in [6.45, 7) is 3.82. The van der Waals surface area contributed by atoms with Crippen LogP contribution in [0.1, 0.15) is 16.7 Å². The molecule has 0 aliphatic rings. The Morgan fingerprint density at radius 2 is 1.54 bits per heavy atom.